The zero-order chi connectivity index (χ0) is 43.6. The Balaban J connectivity index is 1.64. The number of rotatable bonds is 19. The fourth-order valence-corrected chi connectivity index (χ4v) is 9.39. The lowest BCUT2D eigenvalue weighted by atomic mass is 9.55. The number of aliphatic hydroxyl groups is 2. The Bertz CT molecular complexity index is 2040. The van der Waals surface area contributed by atoms with Gasteiger partial charge in [0.15, 0.2) is 0 Å². The van der Waals surface area contributed by atoms with E-state index in [0.717, 1.165) is 53.2 Å². The number of benzene rings is 3. The van der Waals surface area contributed by atoms with Gasteiger partial charge in [0.25, 0.3) is 0 Å². The molecule has 12 nitrogen and oxygen atoms in total. The average molecular weight is 860 g/mol. The number of carbonyl (C=O) groups excluding carboxylic acids is 2. The third kappa shape index (κ3) is 10.5. The van der Waals surface area contributed by atoms with E-state index in [9.17, 15) is 19.8 Å². The van der Waals surface area contributed by atoms with Crippen LogP contribution in [0.1, 0.15) is 89.7 Å². The fourth-order valence-electron chi connectivity index (χ4n) is 9.32. The maximum atomic E-state index is 14.7. The van der Waals surface area contributed by atoms with Gasteiger partial charge in [-0.1, -0.05) is 72.6 Å². The predicted octanol–water partition coefficient (Wildman–Crippen LogP) is 9.26. The van der Waals surface area contributed by atoms with Gasteiger partial charge in [-0.25, -0.2) is 9.59 Å². The first-order valence-corrected chi connectivity index (χ1v) is 22.2. The number of halogens is 1. The van der Waals surface area contributed by atoms with Gasteiger partial charge in [0, 0.05) is 37.7 Å². The Labute approximate surface area is 364 Å². The van der Waals surface area contributed by atoms with Crippen LogP contribution in [0.5, 0.6) is 11.5 Å². The van der Waals surface area contributed by atoms with Gasteiger partial charge in [-0.05, 0) is 105 Å². The van der Waals surface area contributed by atoms with Crippen LogP contribution in [0.15, 0.2) is 90.1 Å². The Kier molecular flexibility index (Phi) is 15.8. The van der Waals surface area contributed by atoms with Crippen molar-refractivity contribution in [3.63, 3.8) is 0 Å². The predicted molar refractivity (Wildman–Crippen MR) is 237 cm³/mol. The van der Waals surface area contributed by atoms with E-state index >= 15 is 0 Å². The summed E-state index contributed by atoms with van der Waals surface area (Å²) in [6, 6.07) is 18.7. The Morgan fingerprint density at radius 3 is 2.52 bits per heavy atom. The summed E-state index contributed by atoms with van der Waals surface area (Å²) >= 11 is 6.13. The number of ether oxygens (including phenoxy) is 4. The van der Waals surface area contributed by atoms with Crippen molar-refractivity contribution in [1.82, 2.24) is 10.2 Å². The lowest BCUT2D eigenvalue weighted by Gasteiger charge is -2.60. The molecule has 0 unspecified atom stereocenters. The Hall–Kier alpha value is -4.62. The van der Waals surface area contributed by atoms with E-state index in [-0.39, 0.29) is 63.0 Å². The number of unbranched alkanes of at least 4 members (excludes halogenated alkanes) is 2. The largest absolute Gasteiger partial charge is 0.459 e. The van der Waals surface area contributed by atoms with E-state index in [0.29, 0.717) is 36.6 Å². The van der Waals surface area contributed by atoms with Gasteiger partial charge >= 0.3 is 12.2 Å². The van der Waals surface area contributed by atoms with Crippen LogP contribution < -0.4 is 14.8 Å². The summed E-state index contributed by atoms with van der Waals surface area (Å²) < 4.78 is 26.1. The van der Waals surface area contributed by atoms with Crippen LogP contribution in [-0.2, 0) is 20.9 Å². The average Bonchev–Trinajstić information content (AvgIpc) is 3.24. The van der Waals surface area contributed by atoms with E-state index in [1.807, 2.05) is 82.3 Å². The number of hydrogen-bond acceptors (Lipinski definition) is 10. The van der Waals surface area contributed by atoms with Crippen molar-refractivity contribution in [3.05, 3.63) is 96.1 Å². The molecule has 3 aromatic carbocycles. The number of alkyl halides is 1. The van der Waals surface area contributed by atoms with Crippen LogP contribution in [0.2, 0.25) is 0 Å². The summed E-state index contributed by atoms with van der Waals surface area (Å²) in [5.74, 6) is -1.40. The molecule has 0 radical (unpaired) electrons. The van der Waals surface area contributed by atoms with Crippen LogP contribution in [0.4, 0.5) is 9.59 Å². The van der Waals surface area contributed by atoms with Crippen molar-refractivity contribution in [2.45, 2.75) is 103 Å². The summed E-state index contributed by atoms with van der Waals surface area (Å²) in [6.07, 6.45) is 7.36. The Morgan fingerprint density at radius 2 is 1.80 bits per heavy atom. The smallest absolute Gasteiger partial charge is 0.412 e. The molecule has 3 aliphatic rings. The molecule has 1 aliphatic heterocycles. The van der Waals surface area contributed by atoms with Crippen LogP contribution in [0, 0.1) is 17.8 Å². The molecule has 6 atom stereocenters. The number of oxime groups is 1. The maximum Gasteiger partial charge on any atom is 0.412 e. The van der Waals surface area contributed by atoms with E-state index in [2.05, 4.69) is 18.0 Å². The minimum absolute atomic E-state index is 0.00846. The first-order chi connectivity index (χ1) is 29.5. The number of allylic oxidation sites excluding steroid dienone is 1. The third-order valence-electron chi connectivity index (χ3n) is 11.7. The molecule has 330 valence electrons. The summed E-state index contributed by atoms with van der Waals surface area (Å²) in [7, 11) is 0. The number of amides is 2. The molecule has 1 fully saturated rings. The molecule has 6 rings (SSSR count). The number of aliphatic hydroxyl groups excluding tert-OH is 2. The van der Waals surface area contributed by atoms with Gasteiger partial charge in [-0.15, -0.1) is 18.2 Å². The lowest BCUT2D eigenvalue weighted by Crippen LogP contribution is -2.70. The van der Waals surface area contributed by atoms with Crippen LogP contribution >= 0.6 is 11.6 Å². The van der Waals surface area contributed by atoms with Gasteiger partial charge in [0.2, 0.25) is 5.79 Å². The van der Waals surface area contributed by atoms with E-state index in [1.165, 1.54) is 0 Å². The molecule has 13 heteroatoms. The van der Waals surface area contributed by atoms with Gasteiger partial charge in [0.05, 0.1) is 30.7 Å². The molecule has 0 saturated heterocycles. The highest BCUT2D eigenvalue weighted by atomic mass is 35.5. The van der Waals surface area contributed by atoms with Crippen LogP contribution in [0.25, 0.3) is 10.8 Å². The van der Waals surface area contributed by atoms with Crippen LogP contribution in [0.3, 0.4) is 0 Å². The highest BCUT2D eigenvalue weighted by Gasteiger charge is 2.65. The van der Waals surface area contributed by atoms with Gasteiger partial charge in [0.1, 0.15) is 29.7 Å². The highest BCUT2D eigenvalue weighted by molar-refractivity contribution is 6.18. The minimum atomic E-state index is -1.52. The zero-order valence-corrected chi connectivity index (χ0v) is 36.7. The molecule has 0 spiro atoms. The number of hydrogen-bond donors (Lipinski definition) is 3. The summed E-state index contributed by atoms with van der Waals surface area (Å²) in [4.78, 5) is 35.4. The molecule has 2 amide bonds. The molecule has 1 heterocycles. The fraction of sp³-hybridized carbons (Fsp3) is 0.521. The van der Waals surface area contributed by atoms with Crippen molar-refractivity contribution >= 4 is 40.3 Å². The second kappa shape index (κ2) is 21.0. The van der Waals surface area contributed by atoms with Crippen molar-refractivity contribution in [2.24, 2.45) is 22.9 Å². The van der Waals surface area contributed by atoms with E-state index < -0.39 is 35.5 Å². The summed E-state index contributed by atoms with van der Waals surface area (Å²) in [5, 5.41) is 29.5. The van der Waals surface area contributed by atoms with Gasteiger partial charge in [-0.2, -0.15) is 0 Å². The second-order valence-electron chi connectivity index (χ2n) is 17.0. The Morgan fingerprint density at radius 1 is 1.05 bits per heavy atom. The molecule has 61 heavy (non-hydrogen) atoms. The van der Waals surface area contributed by atoms with Crippen LogP contribution in [-0.4, -0.2) is 89.3 Å². The molecular weight excluding hydrogens is 798 g/mol. The molecule has 3 N–H and O–H groups in total. The quantitative estimate of drug-likeness (QED) is 0.0464. The van der Waals surface area contributed by atoms with Gasteiger partial charge in [-0.3, -0.25) is 4.90 Å². The van der Waals surface area contributed by atoms with E-state index in [4.69, 9.17) is 40.5 Å². The summed E-state index contributed by atoms with van der Waals surface area (Å²) in [6.45, 7) is 12.5. The molecule has 1 saturated carbocycles. The lowest BCUT2D eigenvalue weighted by molar-refractivity contribution is -0.256. The molecule has 2 aliphatic carbocycles. The number of nitrogens with zero attached hydrogens (tertiary/aromatic N) is 2. The minimum Gasteiger partial charge on any atom is -0.459 e. The van der Waals surface area contributed by atoms with Crippen molar-refractivity contribution in [1.29, 1.82) is 0 Å². The second-order valence-corrected chi connectivity index (χ2v) is 17.3. The molecule has 0 aromatic heterocycles. The molecule has 3 aromatic rings. The molecule has 0 bridgehead atoms. The first kappa shape index (κ1) is 45.9. The topological polar surface area (TPSA) is 148 Å². The molecular formula is C48H62ClN3O9. The number of carbonyl (C=O) groups is 2. The van der Waals surface area contributed by atoms with Crippen molar-refractivity contribution in [2.75, 3.05) is 38.9 Å². The first-order valence-electron chi connectivity index (χ1n) is 21.7. The standard InChI is InChI=1S/C48H62ClN3O9/c1-6-26-58-48-42(52(46(56)57-27-23-49)31-34-18-14-17-32-15-8-9-19-36(32)34)30-40(51-61-47(3,4)5)38-28-33(16-10-12-24-53)37(20-11-13-25-54)43(44(38)48)39-29-35(21-22-41(39)60-48)59-45(55)50-7-2/h6,8-9,14-15,17-19,21-22,28-29,33,37,42-44,53-54H,1,7,10-13,16,20,23-27,30-31H2,2-5H3,(H,50,55)/t33-,37+,42-,43+,44+,48+/m0/s1. The van der Waals surface area contributed by atoms with Crippen molar-refractivity contribution < 1.29 is 43.6 Å². The third-order valence-corrected chi connectivity index (χ3v) is 11.9. The summed E-state index contributed by atoms with van der Waals surface area (Å²) in [5.41, 5.74) is 2.64. The number of fused-ring (bicyclic) bond motifs is 3. The monoisotopic (exact) mass is 859 g/mol. The SMILES string of the molecule is C=CCO[C@@]12Oc3ccc(OC(=O)NCC)cc3[C@H]3[C@H](CCCCO)[C@@H](CCCCO)C=C(C(=NOC(C)(C)C)C[C@@H]1N(Cc1cccc4ccccc14)C(=O)OCCCl)[C@H]32. The maximum absolute atomic E-state index is 14.7. The van der Waals surface area contributed by atoms with Gasteiger partial charge < -0.3 is 39.3 Å². The highest BCUT2D eigenvalue weighted by Crippen LogP contribution is 2.62. The zero-order valence-electron chi connectivity index (χ0n) is 35.9. The van der Waals surface area contributed by atoms with E-state index in [1.54, 1.807) is 17.0 Å². The number of nitrogens with one attached hydrogen (secondary N) is 1. The normalized spacial score (nSPS) is 23.6. The van der Waals surface area contributed by atoms with Crippen molar-refractivity contribution in [3.8, 4) is 11.5 Å².